The Hall–Kier alpha value is -2.68. The van der Waals surface area contributed by atoms with Gasteiger partial charge in [0.15, 0.2) is 0 Å². The largest absolute Gasteiger partial charge is 0.444 e. The van der Waals surface area contributed by atoms with E-state index in [2.05, 4.69) is 13.1 Å². The Bertz CT molecular complexity index is 1630. The van der Waals surface area contributed by atoms with Gasteiger partial charge in [0.05, 0.1) is 11.0 Å². The van der Waals surface area contributed by atoms with Crippen LogP contribution in [0.25, 0.3) is 0 Å². The first-order valence-electron chi connectivity index (χ1n) is 14.5. The van der Waals surface area contributed by atoms with Crippen LogP contribution in [-0.2, 0) is 43.5 Å². The minimum absolute atomic E-state index is 0.0723. The quantitative estimate of drug-likeness (QED) is 0.191. The molecule has 4 saturated carbocycles. The molecule has 0 amide bonds. The lowest BCUT2D eigenvalue weighted by Crippen LogP contribution is -2.58. The average Bonchev–Trinajstić information content (AvgIpc) is 2.91. The smallest absolute Gasteiger partial charge is 0.432 e. The highest BCUT2D eigenvalue weighted by Crippen LogP contribution is 2.61. The van der Waals surface area contributed by atoms with E-state index < -0.39 is 83.6 Å². The van der Waals surface area contributed by atoms with Crippen molar-refractivity contribution in [3.05, 3.63) is 35.4 Å². The van der Waals surface area contributed by atoms with Crippen LogP contribution in [-0.4, -0.2) is 63.8 Å². The minimum Gasteiger partial charge on any atom is -0.444 e. The number of alkyl halides is 10. The summed E-state index contributed by atoms with van der Waals surface area (Å²) in [7, 11) is -15.8. The minimum atomic E-state index is -7.89. The summed E-state index contributed by atoms with van der Waals surface area (Å²) >= 11 is 0. The molecule has 9 nitrogen and oxygen atoms in total. The molecule has 49 heavy (non-hydrogen) atoms. The summed E-state index contributed by atoms with van der Waals surface area (Å²) in [5.74, 6) is -4.62. The molecule has 4 aliphatic carbocycles. The summed E-state index contributed by atoms with van der Waals surface area (Å²) in [5.41, 5.74) is -2.63. The lowest BCUT2D eigenvalue weighted by Gasteiger charge is -2.55. The summed E-state index contributed by atoms with van der Waals surface area (Å²) in [6.45, 7) is 5.06. The molecule has 2 atom stereocenters. The summed E-state index contributed by atoms with van der Waals surface area (Å²) < 4.78 is 202. The fraction of sp³-hybridized carbons (Fsp3) is 0.714. The fourth-order valence-electron chi connectivity index (χ4n) is 7.00. The zero-order chi connectivity index (χ0) is 37.4. The number of hydrogen-bond donors (Lipinski definition) is 0. The molecule has 0 radical (unpaired) electrons. The van der Waals surface area contributed by atoms with Crippen molar-refractivity contribution in [2.24, 2.45) is 23.2 Å². The van der Waals surface area contributed by atoms with Gasteiger partial charge >= 0.3 is 55.0 Å². The lowest BCUT2D eigenvalue weighted by molar-refractivity contribution is -0.266. The van der Waals surface area contributed by atoms with E-state index in [0.29, 0.717) is 24.8 Å². The molecule has 5 rings (SSSR count). The van der Waals surface area contributed by atoms with Crippen LogP contribution >= 0.6 is 0 Å². The molecule has 278 valence electrons. The van der Waals surface area contributed by atoms with Crippen molar-refractivity contribution in [2.45, 2.75) is 99.8 Å². The van der Waals surface area contributed by atoms with Crippen molar-refractivity contribution < 1.29 is 83.4 Å². The van der Waals surface area contributed by atoms with Crippen LogP contribution in [0.3, 0.4) is 0 Å². The lowest BCUT2D eigenvalue weighted by atomic mass is 9.49. The van der Waals surface area contributed by atoms with Gasteiger partial charge in [-0.1, -0.05) is 32.9 Å². The van der Waals surface area contributed by atoms with Gasteiger partial charge in [-0.15, -0.1) is 3.63 Å². The summed E-state index contributed by atoms with van der Waals surface area (Å²) in [6.07, 6.45) is -21.6. The van der Waals surface area contributed by atoms with Crippen LogP contribution in [0.4, 0.5) is 43.9 Å². The van der Waals surface area contributed by atoms with Crippen molar-refractivity contribution in [1.82, 2.24) is 0 Å². The van der Waals surface area contributed by atoms with Crippen molar-refractivity contribution in [1.29, 1.82) is 0 Å². The third-order valence-electron chi connectivity index (χ3n) is 8.96. The Morgan fingerprint density at radius 3 is 1.39 bits per heavy atom. The van der Waals surface area contributed by atoms with Crippen molar-refractivity contribution in [2.75, 3.05) is 0 Å². The average molecular weight is 765 g/mol. The molecular weight excluding hydrogens is 734 g/mol. The van der Waals surface area contributed by atoms with E-state index in [-0.39, 0.29) is 37.0 Å². The molecule has 0 spiro atoms. The van der Waals surface area contributed by atoms with E-state index in [1.165, 1.54) is 12.1 Å². The number of esters is 2. The fourth-order valence-corrected chi connectivity index (χ4v) is 9.55. The predicted octanol–water partition coefficient (Wildman–Crippen LogP) is 6.62. The van der Waals surface area contributed by atoms with E-state index in [1.54, 1.807) is 20.8 Å². The van der Waals surface area contributed by atoms with Crippen molar-refractivity contribution in [3.8, 4) is 0 Å². The van der Waals surface area contributed by atoms with Gasteiger partial charge in [-0.2, -0.15) is 60.7 Å². The van der Waals surface area contributed by atoms with Gasteiger partial charge in [-0.25, -0.2) is 4.79 Å². The van der Waals surface area contributed by atoms with Gasteiger partial charge in [0, 0.05) is 0 Å². The van der Waals surface area contributed by atoms with Crippen LogP contribution in [0.1, 0.15) is 75.2 Å². The van der Waals surface area contributed by atoms with E-state index in [0.717, 1.165) is 12.1 Å². The Morgan fingerprint density at radius 2 is 1.04 bits per heavy atom. The summed E-state index contributed by atoms with van der Waals surface area (Å²) in [5, 5.41) is -13.5. The number of ether oxygens (including phenoxy) is 2. The van der Waals surface area contributed by atoms with E-state index >= 15 is 8.78 Å². The molecule has 4 bridgehead atoms. The number of hydrogen-bond acceptors (Lipinski definition) is 9. The Kier molecular flexibility index (Phi) is 9.76. The van der Waals surface area contributed by atoms with Gasteiger partial charge in [-0.05, 0) is 79.4 Å². The normalized spacial score (nSPS) is 26.3. The second-order valence-corrected chi connectivity index (χ2v) is 17.2. The number of benzene rings is 1. The molecule has 0 saturated heterocycles. The van der Waals surface area contributed by atoms with Gasteiger partial charge in [0.1, 0.15) is 0 Å². The van der Waals surface area contributed by atoms with Crippen molar-refractivity contribution in [3.63, 3.8) is 0 Å². The standard InChI is InChI=1S/C28H30F10O9S2/c1-23(2,3)18-6-4-17(5-7-18)19(39)45-20(25(29,30)31)27(35,36)48(41,42)47-49(43,44)28(37,38)21(26(32,33)34)46-22(40)24-11-14-8-15(12-24)10-16(9-14)13-24/h4-7,14-16,20-21H,8-13H2,1-3H3. The van der Waals surface area contributed by atoms with Gasteiger partial charge in [0.25, 0.3) is 12.2 Å². The molecule has 0 aromatic heterocycles. The molecule has 1 aromatic carbocycles. The van der Waals surface area contributed by atoms with Crippen LogP contribution in [0.5, 0.6) is 0 Å². The highest BCUT2D eigenvalue weighted by molar-refractivity contribution is 8.00. The maximum absolute atomic E-state index is 15.1. The molecule has 1 aromatic rings. The van der Waals surface area contributed by atoms with Gasteiger partial charge in [-0.3, -0.25) is 4.79 Å². The highest BCUT2D eigenvalue weighted by Gasteiger charge is 2.73. The maximum Gasteiger partial charge on any atom is 0.432 e. The Balaban J connectivity index is 1.60. The number of carbonyl (C=O) groups excluding carboxylic acids is 2. The predicted molar refractivity (Wildman–Crippen MR) is 146 cm³/mol. The first-order valence-corrected chi connectivity index (χ1v) is 17.4. The number of halogens is 10. The highest BCUT2D eigenvalue weighted by atomic mass is 32.3. The molecule has 4 aliphatic rings. The van der Waals surface area contributed by atoms with Crippen LogP contribution < -0.4 is 0 Å². The Morgan fingerprint density at radius 1 is 0.673 bits per heavy atom. The second kappa shape index (κ2) is 12.2. The summed E-state index contributed by atoms with van der Waals surface area (Å²) in [6, 6.07) is 3.98. The molecule has 4 fully saturated rings. The molecule has 21 heteroatoms. The third-order valence-corrected chi connectivity index (χ3v) is 12.2. The van der Waals surface area contributed by atoms with Gasteiger partial charge < -0.3 is 9.47 Å². The molecule has 2 unspecified atom stereocenters. The number of carbonyl (C=O) groups is 2. The monoisotopic (exact) mass is 764 g/mol. The molecule has 0 aliphatic heterocycles. The SMILES string of the molecule is CC(C)(C)c1ccc(C(=O)OC(C(F)(F)F)C(F)(F)S(=O)(=O)OS(=O)(=O)C(F)(F)C(OC(=O)C23CC4CC(CC(C4)C2)C3)C(F)(F)F)cc1. The van der Waals surface area contributed by atoms with Crippen LogP contribution in [0.15, 0.2) is 24.3 Å². The molecule has 0 heterocycles. The van der Waals surface area contributed by atoms with Crippen LogP contribution in [0, 0.1) is 23.2 Å². The second-order valence-electron chi connectivity index (χ2n) is 13.8. The Labute approximate surface area is 273 Å². The maximum atomic E-state index is 15.1. The van der Waals surface area contributed by atoms with Crippen molar-refractivity contribution >= 4 is 32.2 Å². The van der Waals surface area contributed by atoms with E-state index in [4.69, 9.17) is 0 Å². The van der Waals surface area contributed by atoms with Crippen LogP contribution in [0.2, 0.25) is 0 Å². The molecular formula is C28H30F10O9S2. The van der Waals surface area contributed by atoms with E-state index in [9.17, 15) is 61.5 Å². The first kappa shape index (κ1) is 39.1. The molecule has 0 N–H and O–H groups in total. The number of rotatable bonds is 10. The van der Waals surface area contributed by atoms with Gasteiger partial charge in [0.2, 0.25) is 0 Å². The third kappa shape index (κ3) is 7.52. The first-order chi connectivity index (χ1) is 21.9. The van der Waals surface area contributed by atoms with E-state index in [1.807, 2.05) is 0 Å². The zero-order valence-electron chi connectivity index (χ0n) is 25.7. The zero-order valence-corrected chi connectivity index (χ0v) is 27.3. The topological polar surface area (TPSA) is 130 Å². The summed E-state index contributed by atoms with van der Waals surface area (Å²) in [4.78, 5) is 25.3.